The van der Waals surface area contributed by atoms with E-state index >= 15 is 0 Å². The molecule has 1 aromatic carbocycles. The van der Waals surface area contributed by atoms with Crippen LogP contribution in [0.1, 0.15) is 25.8 Å². The monoisotopic (exact) mass is 333 g/mol. The van der Waals surface area contributed by atoms with Crippen molar-refractivity contribution in [2.75, 3.05) is 5.75 Å². The number of hydrogen-bond acceptors (Lipinski definition) is 2. The molecule has 1 N–H and O–H groups in total. The van der Waals surface area contributed by atoms with Crippen molar-refractivity contribution in [3.63, 3.8) is 0 Å². The maximum absolute atomic E-state index is 13.5. The first kappa shape index (κ1) is 15.5. The van der Waals surface area contributed by atoms with Crippen molar-refractivity contribution in [1.82, 2.24) is 5.32 Å². The fourth-order valence-electron chi connectivity index (χ4n) is 1.31. The molecule has 1 atom stereocenters. The highest BCUT2D eigenvalue weighted by molar-refractivity contribution is 9.10. The first-order valence-electron chi connectivity index (χ1n) is 5.84. The Morgan fingerprint density at radius 1 is 1.56 bits per heavy atom. The van der Waals surface area contributed by atoms with Crippen molar-refractivity contribution in [3.8, 4) is 0 Å². The number of rotatable bonds is 6. The van der Waals surface area contributed by atoms with Gasteiger partial charge in [-0.3, -0.25) is 4.79 Å². The molecule has 0 aliphatic carbocycles. The lowest BCUT2D eigenvalue weighted by Gasteiger charge is -2.11. The normalized spacial score (nSPS) is 12.2. The minimum Gasteiger partial charge on any atom is -0.353 e. The molecule has 1 unspecified atom stereocenters. The maximum atomic E-state index is 13.5. The average molecular weight is 334 g/mol. The van der Waals surface area contributed by atoms with Gasteiger partial charge in [0, 0.05) is 16.3 Å². The second kappa shape index (κ2) is 7.79. The maximum Gasteiger partial charge on any atom is 0.230 e. The van der Waals surface area contributed by atoms with E-state index in [1.165, 1.54) is 17.8 Å². The second-order valence-electron chi connectivity index (χ2n) is 4.11. The van der Waals surface area contributed by atoms with Crippen LogP contribution >= 0.6 is 27.7 Å². The Labute approximate surface area is 120 Å². The summed E-state index contributed by atoms with van der Waals surface area (Å²) in [6.07, 6.45) is 0.914. The van der Waals surface area contributed by atoms with Crippen LogP contribution in [0.2, 0.25) is 0 Å². The lowest BCUT2D eigenvalue weighted by Crippen LogP contribution is -2.33. The molecule has 2 nitrogen and oxygen atoms in total. The molecule has 100 valence electrons. The molecule has 0 aromatic heterocycles. The van der Waals surface area contributed by atoms with Gasteiger partial charge in [-0.2, -0.15) is 0 Å². The highest BCUT2D eigenvalue weighted by Crippen LogP contribution is 2.19. The van der Waals surface area contributed by atoms with Crippen molar-refractivity contribution in [3.05, 3.63) is 34.1 Å². The number of hydrogen-bond donors (Lipinski definition) is 1. The molecule has 1 amide bonds. The van der Waals surface area contributed by atoms with Crippen LogP contribution < -0.4 is 5.32 Å². The van der Waals surface area contributed by atoms with Gasteiger partial charge in [-0.15, -0.1) is 11.8 Å². The number of benzene rings is 1. The largest absolute Gasteiger partial charge is 0.353 e. The molecular weight excluding hydrogens is 317 g/mol. The Hall–Kier alpha value is -0.550. The molecule has 1 aromatic rings. The predicted molar refractivity (Wildman–Crippen MR) is 78.2 cm³/mol. The van der Waals surface area contributed by atoms with Crippen LogP contribution in [0.5, 0.6) is 0 Å². The van der Waals surface area contributed by atoms with Gasteiger partial charge in [0.1, 0.15) is 5.82 Å². The first-order chi connectivity index (χ1) is 8.52. The molecule has 0 saturated carbocycles. The van der Waals surface area contributed by atoms with Crippen molar-refractivity contribution < 1.29 is 9.18 Å². The van der Waals surface area contributed by atoms with E-state index < -0.39 is 0 Å². The molecule has 0 fully saturated rings. The number of halogens is 2. The molecule has 0 spiro atoms. The number of carbonyl (C=O) groups excluding carboxylic acids is 1. The van der Waals surface area contributed by atoms with E-state index in [4.69, 9.17) is 0 Å². The quantitative estimate of drug-likeness (QED) is 0.859. The highest BCUT2D eigenvalue weighted by atomic mass is 79.9. The molecule has 18 heavy (non-hydrogen) atoms. The topological polar surface area (TPSA) is 29.1 Å². The van der Waals surface area contributed by atoms with Gasteiger partial charge < -0.3 is 5.32 Å². The summed E-state index contributed by atoms with van der Waals surface area (Å²) in [4.78, 5) is 11.5. The summed E-state index contributed by atoms with van der Waals surface area (Å²) < 4.78 is 14.2. The minimum atomic E-state index is -0.237. The summed E-state index contributed by atoms with van der Waals surface area (Å²) in [5.41, 5.74) is 0.625. The fraction of sp³-hybridized carbons (Fsp3) is 0.462. The fourth-order valence-corrected chi connectivity index (χ4v) is 2.47. The molecule has 0 radical (unpaired) electrons. The Bertz CT molecular complexity index is 414. The molecule has 0 aliphatic rings. The molecular formula is C13H17BrFNOS. The van der Waals surface area contributed by atoms with Gasteiger partial charge in [-0.05, 0) is 31.0 Å². The van der Waals surface area contributed by atoms with Gasteiger partial charge in [0.15, 0.2) is 0 Å². The number of carbonyl (C=O) groups is 1. The summed E-state index contributed by atoms with van der Waals surface area (Å²) in [7, 11) is 0. The zero-order chi connectivity index (χ0) is 13.5. The smallest absolute Gasteiger partial charge is 0.230 e. The van der Waals surface area contributed by atoms with Crippen molar-refractivity contribution in [2.45, 2.75) is 32.1 Å². The highest BCUT2D eigenvalue weighted by Gasteiger charge is 2.07. The van der Waals surface area contributed by atoms with Crippen molar-refractivity contribution in [2.24, 2.45) is 0 Å². The Balaban J connectivity index is 2.35. The lowest BCUT2D eigenvalue weighted by atomic mass is 10.2. The minimum absolute atomic E-state index is 0.00636. The SMILES string of the molecule is CCC(C)NC(=O)CSCc1ccc(Br)cc1F. The van der Waals surface area contributed by atoms with Crippen LogP contribution in [0, 0.1) is 5.82 Å². The molecule has 0 aliphatic heterocycles. The summed E-state index contributed by atoms with van der Waals surface area (Å²) >= 11 is 4.63. The summed E-state index contributed by atoms with van der Waals surface area (Å²) in [6, 6.07) is 5.18. The van der Waals surface area contributed by atoms with Crippen LogP contribution in [-0.4, -0.2) is 17.7 Å². The third-order valence-electron chi connectivity index (χ3n) is 2.53. The predicted octanol–water partition coefficient (Wildman–Crippen LogP) is 3.74. The Morgan fingerprint density at radius 2 is 2.28 bits per heavy atom. The van der Waals surface area contributed by atoms with Crippen molar-refractivity contribution >= 4 is 33.6 Å². The summed E-state index contributed by atoms with van der Waals surface area (Å²) in [5, 5.41) is 2.88. The zero-order valence-electron chi connectivity index (χ0n) is 10.5. The van der Waals surface area contributed by atoms with Gasteiger partial charge in [0.25, 0.3) is 0 Å². The van der Waals surface area contributed by atoms with Crippen LogP contribution in [-0.2, 0) is 10.5 Å². The first-order valence-corrected chi connectivity index (χ1v) is 7.78. The Morgan fingerprint density at radius 3 is 2.89 bits per heavy atom. The van der Waals surface area contributed by atoms with E-state index in [9.17, 15) is 9.18 Å². The van der Waals surface area contributed by atoms with Gasteiger partial charge in [0.2, 0.25) is 5.91 Å². The molecule has 0 heterocycles. The standard InChI is InChI=1S/C13H17BrFNOS/c1-3-9(2)16-13(17)8-18-7-10-4-5-11(14)6-12(10)15/h4-6,9H,3,7-8H2,1-2H3,(H,16,17). The van der Waals surface area contributed by atoms with Gasteiger partial charge >= 0.3 is 0 Å². The van der Waals surface area contributed by atoms with Gasteiger partial charge in [-0.25, -0.2) is 4.39 Å². The molecule has 5 heteroatoms. The molecule has 1 rings (SSSR count). The van der Waals surface area contributed by atoms with E-state index in [-0.39, 0.29) is 17.8 Å². The second-order valence-corrected chi connectivity index (χ2v) is 6.01. The molecule has 0 saturated heterocycles. The van der Waals surface area contributed by atoms with Crippen LogP contribution in [0.25, 0.3) is 0 Å². The summed E-state index contributed by atoms with van der Waals surface area (Å²) in [5.74, 6) is 0.637. The number of thioether (sulfide) groups is 1. The van der Waals surface area contributed by atoms with E-state index in [0.29, 0.717) is 17.1 Å². The Kier molecular flexibility index (Phi) is 6.71. The third kappa shape index (κ3) is 5.40. The summed E-state index contributed by atoms with van der Waals surface area (Å²) in [6.45, 7) is 3.99. The van der Waals surface area contributed by atoms with Crippen LogP contribution in [0.4, 0.5) is 4.39 Å². The van der Waals surface area contributed by atoms with Gasteiger partial charge in [0.05, 0.1) is 5.75 Å². The lowest BCUT2D eigenvalue weighted by molar-refractivity contribution is -0.119. The van der Waals surface area contributed by atoms with Crippen LogP contribution in [0.15, 0.2) is 22.7 Å². The zero-order valence-corrected chi connectivity index (χ0v) is 12.9. The van der Waals surface area contributed by atoms with E-state index in [2.05, 4.69) is 21.2 Å². The van der Waals surface area contributed by atoms with Gasteiger partial charge in [-0.1, -0.05) is 28.9 Å². The molecule has 0 bridgehead atoms. The van der Waals surface area contributed by atoms with E-state index in [1.807, 2.05) is 13.8 Å². The van der Waals surface area contributed by atoms with E-state index in [1.54, 1.807) is 12.1 Å². The number of nitrogens with one attached hydrogen (secondary N) is 1. The van der Waals surface area contributed by atoms with Crippen molar-refractivity contribution in [1.29, 1.82) is 0 Å². The van der Waals surface area contributed by atoms with E-state index in [0.717, 1.165) is 10.9 Å². The average Bonchev–Trinajstić information content (AvgIpc) is 2.31. The number of amides is 1. The third-order valence-corrected chi connectivity index (χ3v) is 4.00. The van der Waals surface area contributed by atoms with Crippen LogP contribution in [0.3, 0.4) is 0 Å².